The smallest absolute Gasteiger partial charge is 0.180 e. The Bertz CT molecular complexity index is 125. The van der Waals surface area contributed by atoms with Crippen molar-refractivity contribution in [2.75, 3.05) is 18.8 Å². The van der Waals surface area contributed by atoms with Gasteiger partial charge in [0.05, 0.1) is 0 Å². The van der Waals surface area contributed by atoms with Gasteiger partial charge in [0.1, 0.15) is 0 Å². The molecule has 0 radical (unpaired) electrons. The summed E-state index contributed by atoms with van der Waals surface area (Å²) in [7, 11) is 0. The van der Waals surface area contributed by atoms with Crippen LogP contribution in [0.25, 0.3) is 0 Å². The molecule has 0 saturated carbocycles. The second kappa shape index (κ2) is 4.36. The summed E-state index contributed by atoms with van der Waals surface area (Å²) in [5, 5.41) is 2.26. The number of nitrogens with one attached hydrogen (secondary N) is 1. The predicted octanol–water partition coefficient (Wildman–Crippen LogP) is -0.225. The number of rotatable bonds is 5. The predicted molar refractivity (Wildman–Crippen MR) is 48.4 cm³/mol. The van der Waals surface area contributed by atoms with E-state index in [4.69, 9.17) is 11.5 Å². The molecule has 1 unspecified atom stereocenters. The molecule has 0 heterocycles. The van der Waals surface area contributed by atoms with Crippen molar-refractivity contribution in [3.05, 3.63) is 0 Å². The highest BCUT2D eigenvalue weighted by Gasteiger charge is 2.27. The Morgan fingerprint density at radius 2 is 2.00 bits per heavy atom. The number of hydrogen-bond donors (Lipinski definition) is 4. The van der Waals surface area contributed by atoms with Crippen molar-refractivity contribution in [1.82, 2.24) is 5.32 Å². The van der Waals surface area contributed by atoms with Crippen molar-refractivity contribution in [3.63, 3.8) is 0 Å². The molecule has 0 bridgehead atoms. The fourth-order valence-corrected chi connectivity index (χ4v) is 0.571. The molecule has 12 heavy (non-hydrogen) atoms. The molecule has 0 saturated heterocycles. The first-order valence-electron chi connectivity index (χ1n) is 3.56. The van der Waals surface area contributed by atoms with Gasteiger partial charge in [-0.25, -0.2) is 8.78 Å². The lowest BCUT2D eigenvalue weighted by Gasteiger charge is -2.25. The van der Waals surface area contributed by atoms with Gasteiger partial charge in [-0.1, -0.05) is 0 Å². The molecule has 0 aromatic heterocycles. The standard InChI is InChI=1S/C6H15F2N3S/c1-5(7,2-9)11-3-6(8,10)4-12/h11-12H,2-4,9-10H2,1H3/t5-,6?/m0/s1. The summed E-state index contributed by atoms with van der Waals surface area (Å²) >= 11 is 3.67. The second-order valence-electron chi connectivity index (χ2n) is 2.95. The highest BCUT2D eigenvalue weighted by Crippen LogP contribution is 2.07. The van der Waals surface area contributed by atoms with E-state index in [1.807, 2.05) is 0 Å². The topological polar surface area (TPSA) is 64.1 Å². The molecule has 0 aliphatic carbocycles. The quantitative estimate of drug-likeness (QED) is 0.365. The first-order chi connectivity index (χ1) is 5.33. The third-order valence-electron chi connectivity index (χ3n) is 1.40. The zero-order valence-corrected chi connectivity index (χ0v) is 7.87. The van der Waals surface area contributed by atoms with E-state index in [1.165, 1.54) is 6.92 Å². The van der Waals surface area contributed by atoms with Gasteiger partial charge in [0.15, 0.2) is 11.6 Å². The third kappa shape index (κ3) is 4.87. The minimum atomic E-state index is -1.99. The van der Waals surface area contributed by atoms with Crippen molar-refractivity contribution in [3.8, 4) is 0 Å². The maximum atomic E-state index is 13.0. The maximum absolute atomic E-state index is 13.0. The summed E-state index contributed by atoms with van der Waals surface area (Å²) in [4.78, 5) is 0. The van der Waals surface area contributed by atoms with Crippen molar-refractivity contribution in [1.29, 1.82) is 0 Å². The molecule has 0 aromatic rings. The molecular formula is C6H15F2N3S. The summed E-state index contributed by atoms with van der Waals surface area (Å²) < 4.78 is 25.9. The Hall–Kier alpha value is 0.0900. The van der Waals surface area contributed by atoms with Crippen LogP contribution in [-0.2, 0) is 0 Å². The lowest BCUT2D eigenvalue weighted by atomic mass is 10.2. The molecule has 3 nitrogen and oxygen atoms in total. The molecule has 0 spiro atoms. The van der Waals surface area contributed by atoms with Crippen LogP contribution < -0.4 is 16.8 Å². The van der Waals surface area contributed by atoms with Crippen LogP contribution in [-0.4, -0.2) is 30.4 Å². The summed E-state index contributed by atoms with van der Waals surface area (Å²) in [6, 6.07) is 0. The Labute approximate surface area is 76.3 Å². The Morgan fingerprint density at radius 3 is 2.33 bits per heavy atom. The number of halogens is 2. The fraction of sp³-hybridized carbons (Fsp3) is 1.00. The summed E-state index contributed by atoms with van der Waals surface area (Å²) in [6.07, 6.45) is 0. The van der Waals surface area contributed by atoms with Gasteiger partial charge in [-0.3, -0.25) is 11.1 Å². The highest BCUT2D eigenvalue weighted by molar-refractivity contribution is 7.80. The zero-order valence-electron chi connectivity index (χ0n) is 6.98. The van der Waals surface area contributed by atoms with Crippen LogP contribution in [0.5, 0.6) is 0 Å². The second-order valence-corrected chi connectivity index (χ2v) is 3.26. The van der Waals surface area contributed by atoms with E-state index in [-0.39, 0.29) is 18.8 Å². The zero-order chi connectivity index (χ0) is 9.83. The molecule has 0 aromatic carbocycles. The monoisotopic (exact) mass is 199 g/mol. The largest absolute Gasteiger partial charge is 0.326 e. The van der Waals surface area contributed by atoms with Crippen LogP contribution in [0.1, 0.15) is 6.92 Å². The molecular weight excluding hydrogens is 184 g/mol. The lowest BCUT2D eigenvalue weighted by Crippen LogP contribution is -2.54. The van der Waals surface area contributed by atoms with Gasteiger partial charge >= 0.3 is 0 Å². The Kier molecular flexibility index (Phi) is 4.39. The van der Waals surface area contributed by atoms with E-state index in [0.717, 1.165) is 0 Å². The van der Waals surface area contributed by atoms with Crippen molar-refractivity contribution < 1.29 is 8.78 Å². The van der Waals surface area contributed by atoms with E-state index in [9.17, 15) is 8.78 Å². The van der Waals surface area contributed by atoms with E-state index < -0.39 is 11.6 Å². The number of thiol groups is 1. The first kappa shape index (κ1) is 12.1. The average molecular weight is 199 g/mol. The van der Waals surface area contributed by atoms with E-state index in [1.54, 1.807) is 0 Å². The fourth-order valence-electron chi connectivity index (χ4n) is 0.459. The van der Waals surface area contributed by atoms with E-state index >= 15 is 0 Å². The summed E-state index contributed by atoms with van der Waals surface area (Å²) in [5.74, 6) is -3.94. The van der Waals surface area contributed by atoms with Gasteiger partial charge in [-0.05, 0) is 6.92 Å². The molecule has 74 valence electrons. The van der Waals surface area contributed by atoms with Gasteiger partial charge in [0.25, 0.3) is 0 Å². The molecule has 0 fully saturated rings. The van der Waals surface area contributed by atoms with Gasteiger partial charge in [0, 0.05) is 18.8 Å². The molecule has 2 atom stereocenters. The number of hydrogen-bond acceptors (Lipinski definition) is 4. The van der Waals surface area contributed by atoms with Gasteiger partial charge in [0.2, 0.25) is 0 Å². The summed E-state index contributed by atoms with van der Waals surface area (Å²) in [6.45, 7) is 0.692. The van der Waals surface area contributed by atoms with Gasteiger partial charge < -0.3 is 5.73 Å². The SMILES string of the molecule is C[C@@](F)(CN)NCC(N)(F)CS. The van der Waals surface area contributed by atoms with Crippen molar-refractivity contribution >= 4 is 12.6 Å². The number of nitrogens with two attached hydrogens (primary N) is 2. The third-order valence-corrected chi connectivity index (χ3v) is 1.92. The lowest BCUT2D eigenvalue weighted by molar-refractivity contribution is 0.106. The highest BCUT2D eigenvalue weighted by atomic mass is 32.1. The summed E-state index contributed by atoms with van der Waals surface area (Å²) in [5.41, 5.74) is 10.1. The van der Waals surface area contributed by atoms with Gasteiger partial charge in [-0.2, -0.15) is 12.6 Å². The average Bonchev–Trinajstić information content (AvgIpc) is 2.02. The minimum absolute atomic E-state index is 0.166. The van der Waals surface area contributed by atoms with Crippen LogP contribution in [0.2, 0.25) is 0 Å². The molecule has 5 N–H and O–H groups in total. The molecule has 0 aliphatic heterocycles. The molecule has 0 aliphatic rings. The van der Waals surface area contributed by atoms with Crippen LogP contribution in [0.4, 0.5) is 8.78 Å². The molecule has 0 rings (SSSR count). The van der Waals surface area contributed by atoms with Crippen LogP contribution in [0.15, 0.2) is 0 Å². The molecule has 6 heteroatoms. The van der Waals surface area contributed by atoms with Crippen LogP contribution in [0.3, 0.4) is 0 Å². The van der Waals surface area contributed by atoms with E-state index in [0.29, 0.717) is 0 Å². The maximum Gasteiger partial charge on any atom is 0.180 e. The van der Waals surface area contributed by atoms with Crippen molar-refractivity contribution in [2.45, 2.75) is 18.5 Å². The van der Waals surface area contributed by atoms with Gasteiger partial charge in [-0.15, -0.1) is 0 Å². The Morgan fingerprint density at radius 1 is 1.50 bits per heavy atom. The van der Waals surface area contributed by atoms with Crippen LogP contribution >= 0.6 is 12.6 Å². The Balaban J connectivity index is 3.82. The van der Waals surface area contributed by atoms with E-state index in [2.05, 4.69) is 17.9 Å². The number of alkyl halides is 2. The minimum Gasteiger partial charge on any atom is -0.326 e. The molecule has 0 amide bonds. The van der Waals surface area contributed by atoms with Crippen molar-refractivity contribution in [2.24, 2.45) is 11.5 Å². The van der Waals surface area contributed by atoms with Crippen LogP contribution in [0, 0.1) is 0 Å². The first-order valence-corrected chi connectivity index (χ1v) is 4.19. The normalized spacial score (nSPS) is 21.5.